The summed E-state index contributed by atoms with van der Waals surface area (Å²) in [6, 6.07) is 16.6. The number of nitrogens with one attached hydrogen (secondary N) is 1. The summed E-state index contributed by atoms with van der Waals surface area (Å²) in [5, 5.41) is 12.3. The Morgan fingerprint density at radius 3 is 2.48 bits per heavy atom. The van der Waals surface area contributed by atoms with Gasteiger partial charge in [-0.15, -0.1) is 10.2 Å². The highest BCUT2D eigenvalue weighted by molar-refractivity contribution is 7.99. The number of aryl methyl sites for hydroxylation is 1. The molecule has 2 aromatic carbocycles. The van der Waals surface area contributed by atoms with E-state index in [1.54, 1.807) is 38.4 Å². The average Bonchev–Trinajstić information content (AvgIpc) is 3.38. The molecule has 4 rings (SSSR count). The van der Waals surface area contributed by atoms with E-state index >= 15 is 0 Å². The van der Waals surface area contributed by atoms with Crippen LogP contribution in [0.15, 0.2) is 77.0 Å². The lowest BCUT2D eigenvalue weighted by molar-refractivity contribution is -0.113. The molecule has 0 aliphatic rings. The zero-order valence-corrected chi connectivity index (χ0v) is 25.0. The first-order valence-corrected chi connectivity index (χ1v) is 15.6. The second-order valence-corrected chi connectivity index (χ2v) is 12.4. The van der Waals surface area contributed by atoms with E-state index in [0.29, 0.717) is 29.8 Å². The number of anilines is 1. The summed E-state index contributed by atoms with van der Waals surface area (Å²) in [5.74, 6) is 0.667. The zero-order valence-electron chi connectivity index (χ0n) is 23.3. The van der Waals surface area contributed by atoms with E-state index in [1.807, 2.05) is 41.8 Å². The van der Waals surface area contributed by atoms with Crippen LogP contribution in [0.25, 0.3) is 17.1 Å². The van der Waals surface area contributed by atoms with Crippen molar-refractivity contribution in [2.45, 2.75) is 50.6 Å². The van der Waals surface area contributed by atoms with Crippen LogP contribution in [0.4, 0.5) is 5.69 Å². The maximum absolute atomic E-state index is 13.1. The van der Waals surface area contributed by atoms with Crippen LogP contribution in [0, 0.1) is 6.92 Å². The Hall–Kier alpha value is -3.54. The fraction of sp³-hybridized carbons (Fsp3) is 0.310. The number of pyridine rings is 1. The molecule has 4 aromatic rings. The number of nitrogens with zero attached hydrogens (tertiary/aromatic N) is 5. The van der Waals surface area contributed by atoms with E-state index in [2.05, 4.69) is 40.4 Å². The number of para-hydroxylation sites is 1. The first-order chi connectivity index (χ1) is 19.2. The second kappa shape index (κ2) is 12.8. The third-order valence-electron chi connectivity index (χ3n) is 6.51. The Kier molecular flexibility index (Phi) is 9.39. The molecule has 1 N–H and O–H groups in total. The van der Waals surface area contributed by atoms with Gasteiger partial charge in [0.15, 0.2) is 11.0 Å². The smallest absolute Gasteiger partial charge is 0.243 e. The van der Waals surface area contributed by atoms with Gasteiger partial charge in [0.25, 0.3) is 0 Å². The normalized spacial score (nSPS) is 11.8. The molecule has 0 fully saturated rings. The van der Waals surface area contributed by atoms with Crippen molar-refractivity contribution in [3.8, 4) is 17.1 Å². The topological polar surface area (TPSA) is 110 Å². The predicted octanol–water partition coefficient (Wildman–Crippen LogP) is 5.52. The molecular weight excluding hydrogens is 544 g/mol. The van der Waals surface area contributed by atoms with Crippen LogP contribution in [0.3, 0.4) is 0 Å². The van der Waals surface area contributed by atoms with E-state index in [-0.39, 0.29) is 22.5 Å². The van der Waals surface area contributed by atoms with Gasteiger partial charge in [0, 0.05) is 36.7 Å². The highest BCUT2D eigenvalue weighted by Gasteiger charge is 2.23. The van der Waals surface area contributed by atoms with Gasteiger partial charge in [0.05, 0.1) is 16.3 Å². The lowest BCUT2D eigenvalue weighted by atomic mass is 10.0. The van der Waals surface area contributed by atoms with Crippen molar-refractivity contribution in [3.63, 3.8) is 0 Å². The Morgan fingerprint density at radius 2 is 1.80 bits per heavy atom. The predicted molar refractivity (Wildman–Crippen MR) is 159 cm³/mol. The van der Waals surface area contributed by atoms with Gasteiger partial charge < -0.3 is 5.32 Å². The molecule has 9 nitrogen and oxygen atoms in total. The third-order valence-corrected chi connectivity index (χ3v) is 9.49. The summed E-state index contributed by atoms with van der Waals surface area (Å²) in [5.41, 5.74) is 4.10. The molecule has 0 unspecified atom stereocenters. The number of sulfonamides is 1. The summed E-state index contributed by atoms with van der Waals surface area (Å²) in [6.07, 6.45) is 3.44. The quantitative estimate of drug-likeness (QED) is 0.233. The molecular formula is C29H34N6O3S2. The SMILES string of the molecule is CCN(CC)S(=O)(=O)c1ccc(C)c(NC(=O)CSc2nnc(-c3cccnc3)n2-c2ccccc2C(C)C)c1. The molecule has 0 aliphatic carbocycles. The first kappa shape index (κ1) is 29.4. The molecule has 2 aromatic heterocycles. The molecule has 0 aliphatic heterocycles. The molecule has 40 heavy (non-hydrogen) atoms. The summed E-state index contributed by atoms with van der Waals surface area (Å²) in [7, 11) is -3.65. The second-order valence-electron chi connectivity index (χ2n) is 9.50. The van der Waals surface area contributed by atoms with Gasteiger partial charge in [-0.3, -0.25) is 14.3 Å². The zero-order chi connectivity index (χ0) is 28.9. The van der Waals surface area contributed by atoms with Crippen LogP contribution in [-0.2, 0) is 14.8 Å². The first-order valence-electron chi connectivity index (χ1n) is 13.2. The van der Waals surface area contributed by atoms with Crippen molar-refractivity contribution < 1.29 is 13.2 Å². The van der Waals surface area contributed by atoms with Crippen LogP contribution < -0.4 is 5.32 Å². The number of aromatic nitrogens is 4. The molecule has 0 atom stereocenters. The summed E-state index contributed by atoms with van der Waals surface area (Å²) in [4.78, 5) is 17.5. The van der Waals surface area contributed by atoms with Crippen LogP contribution in [-0.4, -0.2) is 57.2 Å². The number of thioether (sulfide) groups is 1. The molecule has 210 valence electrons. The highest BCUT2D eigenvalue weighted by Crippen LogP contribution is 2.32. The Balaban J connectivity index is 1.61. The number of amides is 1. The third kappa shape index (κ3) is 6.27. The van der Waals surface area contributed by atoms with Crippen LogP contribution in [0.1, 0.15) is 44.7 Å². The van der Waals surface area contributed by atoms with Gasteiger partial charge in [-0.1, -0.05) is 63.7 Å². The fourth-order valence-electron chi connectivity index (χ4n) is 4.37. The standard InChI is InChI=1S/C29H34N6O3S2/c1-6-34(7-2)40(37,38)23-15-14-21(5)25(17-23)31-27(36)19-39-29-33-32-28(22-11-10-16-30-18-22)35(29)26-13-9-8-12-24(26)20(3)4/h8-18,20H,6-7,19H2,1-5H3,(H,31,36). The molecule has 11 heteroatoms. The van der Waals surface area contributed by atoms with Gasteiger partial charge in [0.2, 0.25) is 15.9 Å². The number of hydrogen-bond donors (Lipinski definition) is 1. The van der Waals surface area contributed by atoms with Crippen molar-refractivity contribution >= 4 is 33.4 Å². The maximum atomic E-state index is 13.1. The van der Waals surface area contributed by atoms with Gasteiger partial charge >= 0.3 is 0 Å². The molecule has 1 amide bonds. The van der Waals surface area contributed by atoms with Crippen molar-refractivity contribution in [3.05, 3.63) is 78.1 Å². The Morgan fingerprint density at radius 1 is 1.05 bits per heavy atom. The summed E-state index contributed by atoms with van der Waals surface area (Å²) >= 11 is 1.26. The average molecular weight is 579 g/mol. The molecule has 2 heterocycles. The van der Waals surface area contributed by atoms with Crippen molar-refractivity contribution in [1.29, 1.82) is 0 Å². The Bertz CT molecular complexity index is 1580. The molecule has 0 radical (unpaired) electrons. The minimum Gasteiger partial charge on any atom is -0.325 e. The number of rotatable bonds is 11. The van der Waals surface area contributed by atoms with Crippen molar-refractivity contribution in [1.82, 2.24) is 24.1 Å². The lowest BCUT2D eigenvalue weighted by Gasteiger charge is -2.19. The minimum atomic E-state index is -3.65. The largest absolute Gasteiger partial charge is 0.325 e. The number of benzene rings is 2. The van der Waals surface area contributed by atoms with Crippen LogP contribution in [0.2, 0.25) is 0 Å². The lowest BCUT2D eigenvalue weighted by Crippen LogP contribution is -2.30. The van der Waals surface area contributed by atoms with Crippen molar-refractivity contribution in [2.75, 3.05) is 24.2 Å². The van der Waals surface area contributed by atoms with Gasteiger partial charge in [-0.05, 0) is 54.3 Å². The molecule has 0 bridgehead atoms. The number of hydrogen-bond acceptors (Lipinski definition) is 7. The van der Waals surface area contributed by atoms with Crippen LogP contribution >= 0.6 is 11.8 Å². The van der Waals surface area contributed by atoms with E-state index in [9.17, 15) is 13.2 Å². The van der Waals surface area contributed by atoms with Crippen molar-refractivity contribution in [2.24, 2.45) is 0 Å². The summed E-state index contributed by atoms with van der Waals surface area (Å²) < 4.78 is 29.4. The molecule has 0 saturated carbocycles. The van der Waals surface area contributed by atoms with E-state index in [0.717, 1.165) is 22.4 Å². The maximum Gasteiger partial charge on any atom is 0.243 e. The van der Waals surface area contributed by atoms with Crippen LogP contribution in [0.5, 0.6) is 0 Å². The fourth-order valence-corrected chi connectivity index (χ4v) is 6.60. The van der Waals surface area contributed by atoms with E-state index < -0.39 is 10.0 Å². The highest BCUT2D eigenvalue weighted by atomic mass is 32.2. The number of carbonyl (C=O) groups excluding carboxylic acids is 1. The summed E-state index contributed by atoms with van der Waals surface area (Å²) in [6.45, 7) is 10.4. The van der Waals surface area contributed by atoms with E-state index in [1.165, 1.54) is 22.1 Å². The van der Waals surface area contributed by atoms with E-state index in [4.69, 9.17) is 0 Å². The minimum absolute atomic E-state index is 0.0570. The van der Waals surface area contributed by atoms with Gasteiger partial charge in [0.1, 0.15) is 0 Å². The number of carbonyl (C=O) groups is 1. The molecule has 0 spiro atoms. The Labute approximate surface area is 240 Å². The van der Waals surface area contributed by atoms with Gasteiger partial charge in [-0.2, -0.15) is 4.31 Å². The van der Waals surface area contributed by atoms with Gasteiger partial charge in [-0.25, -0.2) is 8.42 Å². The monoisotopic (exact) mass is 578 g/mol. The molecule has 0 saturated heterocycles.